The maximum Gasteiger partial charge on any atom is 0.366 e. The van der Waals surface area contributed by atoms with Crippen LogP contribution < -0.4 is 0 Å². The largest absolute Gasteiger partial charge is 0.461 e. The van der Waals surface area contributed by atoms with Crippen LogP contribution in [0.25, 0.3) is 0 Å². The van der Waals surface area contributed by atoms with E-state index in [0.717, 1.165) is 25.7 Å². The molecule has 0 aliphatic rings. The van der Waals surface area contributed by atoms with Gasteiger partial charge in [0.1, 0.15) is 0 Å². The summed E-state index contributed by atoms with van der Waals surface area (Å²) in [6, 6.07) is 0. The molecule has 0 bridgehead atoms. The van der Waals surface area contributed by atoms with Crippen LogP contribution >= 0.6 is 0 Å². The van der Waals surface area contributed by atoms with Gasteiger partial charge in [0.05, 0.1) is 6.61 Å². The molecule has 0 aromatic heterocycles. The molecule has 0 N–H and O–H groups in total. The number of carbonyl (C=O) groups excluding carboxylic acids is 1. The molecule has 0 aromatic rings. The molecule has 3 heteroatoms. The summed E-state index contributed by atoms with van der Waals surface area (Å²) in [5, 5.41) is 0. The Morgan fingerprint density at radius 3 is 2.16 bits per heavy atom. The van der Waals surface area contributed by atoms with E-state index < -0.39 is 11.8 Å². The van der Waals surface area contributed by atoms with Crippen LogP contribution in [0.5, 0.6) is 0 Å². The molecule has 19 heavy (non-hydrogen) atoms. The van der Waals surface area contributed by atoms with Gasteiger partial charge in [-0.2, -0.15) is 4.39 Å². The van der Waals surface area contributed by atoms with Gasteiger partial charge in [0.25, 0.3) is 0 Å². The van der Waals surface area contributed by atoms with E-state index in [-0.39, 0.29) is 6.61 Å². The Labute approximate surface area is 116 Å². The molecule has 0 spiro atoms. The highest BCUT2D eigenvalue weighted by molar-refractivity contribution is 5.85. The fourth-order valence-electron chi connectivity index (χ4n) is 1.67. The van der Waals surface area contributed by atoms with Crippen molar-refractivity contribution in [3.63, 3.8) is 0 Å². The Morgan fingerprint density at radius 2 is 1.58 bits per heavy atom. The summed E-state index contributed by atoms with van der Waals surface area (Å²) in [4.78, 5) is 11.0. The number of unbranched alkanes of at least 4 members (excludes halogenated alkanes) is 6. The Hall–Kier alpha value is -1.12. The van der Waals surface area contributed by atoms with E-state index in [1.807, 2.05) is 0 Å². The molecule has 0 aliphatic carbocycles. The van der Waals surface area contributed by atoms with Gasteiger partial charge in [0.2, 0.25) is 5.83 Å². The number of rotatable bonds is 11. The first-order chi connectivity index (χ1) is 9.22. The topological polar surface area (TPSA) is 26.3 Å². The maximum absolute atomic E-state index is 13.1. The predicted molar refractivity (Wildman–Crippen MR) is 77.6 cm³/mol. The molecule has 110 valence electrons. The number of esters is 1. The second kappa shape index (κ2) is 13.3. The van der Waals surface area contributed by atoms with Gasteiger partial charge in [0.15, 0.2) is 0 Å². The number of ether oxygens (including phenoxy) is 1. The van der Waals surface area contributed by atoms with E-state index in [0.29, 0.717) is 6.42 Å². The SMILES string of the molecule is CCCCCC=CCCCCC=C(F)C(=O)OCC. The molecule has 0 heterocycles. The first-order valence-corrected chi connectivity index (χ1v) is 7.40. The molecule has 0 saturated carbocycles. The highest BCUT2D eigenvalue weighted by atomic mass is 19.1. The minimum atomic E-state index is -0.849. The van der Waals surface area contributed by atoms with Crippen molar-refractivity contribution in [2.24, 2.45) is 0 Å². The Kier molecular flexibility index (Phi) is 12.5. The molecule has 0 radical (unpaired) electrons. The lowest BCUT2D eigenvalue weighted by Gasteiger charge is -1.98. The van der Waals surface area contributed by atoms with Crippen LogP contribution in [0.15, 0.2) is 24.1 Å². The van der Waals surface area contributed by atoms with Crippen molar-refractivity contribution >= 4 is 5.97 Å². The standard InChI is InChI=1S/C16H27FO2/c1-3-5-6-7-8-9-10-11-12-13-14-15(17)16(18)19-4-2/h8-9,14H,3-7,10-13H2,1-2H3. The number of hydrogen-bond donors (Lipinski definition) is 0. The van der Waals surface area contributed by atoms with Crippen LogP contribution in [0.3, 0.4) is 0 Å². The van der Waals surface area contributed by atoms with Gasteiger partial charge in [-0.15, -0.1) is 0 Å². The van der Waals surface area contributed by atoms with Crippen molar-refractivity contribution in [2.75, 3.05) is 6.61 Å². The molecule has 0 fully saturated rings. The fourth-order valence-corrected chi connectivity index (χ4v) is 1.67. The Balaban J connectivity index is 3.48. The number of carbonyl (C=O) groups is 1. The number of hydrogen-bond acceptors (Lipinski definition) is 2. The van der Waals surface area contributed by atoms with Crippen molar-refractivity contribution < 1.29 is 13.9 Å². The summed E-state index contributed by atoms with van der Waals surface area (Å²) < 4.78 is 17.7. The first-order valence-electron chi connectivity index (χ1n) is 7.40. The van der Waals surface area contributed by atoms with Gasteiger partial charge in [0, 0.05) is 0 Å². The van der Waals surface area contributed by atoms with Crippen molar-refractivity contribution in [1.29, 1.82) is 0 Å². The average Bonchev–Trinajstić information content (AvgIpc) is 2.41. The van der Waals surface area contributed by atoms with Crippen LogP contribution in [-0.2, 0) is 9.53 Å². The molecule has 0 aromatic carbocycles. The molecule has 2 nitrogen and oxygen atoms in total. The third-order valence-electron chi connectivity index (χ3n) is 2.76. The molecule has 0 aliphatic heterocycles. The molecular formula is C16H27FO2. The summed E-state index contributed by atoms with van der Waals surface area (Å²) in [5.41, 5.74) is 0. The van der Waals surface area contributed by atoms with E-state index in [9.17, 15) is 9.18 Å². The number of allylic oxidation sites excluding steroid dienone is 3. The van der Waals surface area contributed by atoms with Gasteiger partial charge in [-0.05, 0) is 51.5 Å². The van der Waals surface area contributed by atoms with E-state index in [4.69, 9.17) is 0 Å². The van der Waals surface area contributed by atoms with Gasteiger partial charge in [-0.25, -0.2) is 4.79 Å². The van der Waals surface area contributed by atoms with Gasteiger partial charge in [-0.3, -0.25) is 0 Å². The molecule has 0 rings (SSSR count). The van der Waals surface area contributed by atoms with E-state index in [1.54, 1.807) is 6.92 Å². The summed E-state index contributed by atoms with van der Waals surface area (Å²) in [6.07, 6.45) is 14.3. The smallest absolute Gasteiger partial charge is 0.366 e. The lowest BCUT2D eigenvalue weighted by molar-refractivity contribution is -0.140. The Bertz CT molecular complexity index is 282. The fraction of sp³-hybridized carbons (Fsp3) is 0.688. The third kappa shape index (κ3) is 11.7. The van der Waals surface area contributed by atoms with Crippen molar-refractivity contribution in [3.05, 3.63) is 24.1 Å². The summed E-state index contributed by atoms with van der Waals surface area (Å²) >= 11 is 0. The van der Waals surface area contributed by atoms with E-state index >= 15 is 0 Å². The second-order valence-electron chi connectivity index (χ2n) is 4.52. The molecule has 0 atom stereocenters. The molecule has 0 amide bonds. The summed E-state index contributed by atoms with van der Waals surface area (Å²) in [6.45, 7) is 4.08. The minimum Gasteiger partial charge on any atom is -0.461 e. The quantitative estimate of drug-likeness (QED) is 0.226. The van der Waals surface area contributed by atoms with E-state index in [1.165, 1.54) is 25.3 Å². The second-order valence-corrected chi connectivity index (χ2v) is 4.52. The lowest BCUT2D eigenvalue weighted by Crippen LogP contribution is -2.03. The van der Waals surface area contributed by atoms with Crippen LogP contribution in [0.2, 0.25) is 0 Å². The summed E-state index contributed by atoms with van der Waals surface area (Å²) in [5.74, 6) is -1.62. The predicted octanol–water partition coefficient (Wildman–Crippen LogP) is 5.10. The van der Waals surface area contributed by atoms with Crippen LogP contribution in [0, 0.1) is 0 Å². The maximum atomic E-state index is 13.1. The van der Waals surface area contributed by atoms with Crippen molar-refractivity contribution in [1.82, 2.24) is 0 Å². The molecular weight excluding hydrogens is 243 g/mol. The van der Waals surface area contributed by atoms with E-state index in [2.05, 4.69) is 23.8 Å². The first kappa shape index (κ1) is 17.9. The van der Waals surface area contributed by atoms with Crippen LogP contribution in [-0.4, -0.2) is 12.6 Å². The highest BCUT2D eigenvalue weighted by Gasteiger charge is 2.07. The van der Waals surface area contributed by atoms with Crippen molar-refractivity contribution in [3.8, 4) is 0 Å². The Morgan fingerprint density at radius 1 is 1.00 bits per heavy atom. The summed E-state index contributed by atoms with van der Waals surface area (Å²) in [7, 11) is 0. The molecule has 0 saturated heterocycles. The minimum absolute atomic E-state index is 0.211. The normalized spacial score (nSPS) is 12.1. The van der Waals surface area contributed by atoms with Crippen molar-refractivity contribution in [2.45, 2.75) is 65.2 Å². The van der Waals surface area contributed by atoms with Gasteiger partial charge < -0.3 is 4.74 Å². The zero-order valence-electron chi connectivity index (χ0n) is 12.3. The molecule has 0 unspecified atom stereocenters. The average molecular weight is 270 g/mol. The number of halogens is 1. The zero-order chi connectivity index (χ0) is 14.3. The van der Waals surface area contributed by atoms with Gasteiger partial charge >= 0.3 is 5.97 Å². The third-order valence-corrected chi connectivity index (χ3v) is 2.76. The monoisotopic (exact) mass is 270 g/mol. The van der Waals surface area contributed by atoms with Crippen LogP contribution in [0.1, 0.15) is 65.2 Å². The van der Waals surface area contributed by atoms with Gasteiger partial charge in [-0.1, -0.05) is 31.9 Å². The zero-order valence-corrected chi connectivity index (χ0v) is 12.3. The van der Waals surface area contributed by atoms with Crippen LogP contribution in [0.4, 0.5) is 4.39 Å². The lowest BCUT2D eigenvalue weighted by atomic mass is 10.1. The highest BCUT2D eigenvalue weighted by Crippen LogP contribution is 2.08.